The van der Waals surface area contributed by atoms with E-state index in [4.69, 9.17) is 5.73 Å². The van der Waals surface area contributed by atoms with Gasteiger partial charge >= 0.3 is 0 Å². The summed E-state index contributed by atoms with van der Waals surface area (Å²) in [4.78, 5) is 16.0. The molecule has 0 saturated heterocycles. The molecular weight excluding hydrogens is 495 g/mol. The van der Waals surface area contributed by atoms with E-state index in [2.05, 4.69) is 43.7 Å². The van der Waals surface area contributed by atoms with E-state index in [0.29, 0.717) is 0 Å². The lowest BCUT2D eigenvalue weighted by Gasteiger charge is -2.08. The Morgan fingerprint density at radius 3 is 2.64 bits per heavy atom. The summed E-state index contributed by atoms with van der Waals surface area (Å²) in [6.07, 6.45) is 3.46. The molecule has 3 rings (SSSR count). The second-order valence-corrected chi connectivity index (χ2v) is 6.64. The van der Waals surface area contributed by atoms with E-state index in [9.17, 15) is 4.79 Å². The quantitative estimate of drug-likeness (QED) is 0.328. The number of hydrogen-bond acceptors (Lipinski definition) is 2. The highest BCUT2D eigenvalue weighted by molar-refractivity contribution is 14.0. The van der Waals surface area contributed by atoms with Crippen molar-refractivity contribution in [2.24, 2.45) is 10.7 Å². The molecule has 2 aromatic rings. The van der Waals surface area contributed by atoms with Gasteiger partial charge in [0.05, 0.1) is 0 Å². The Morgan fingerprint density at radius 2 is 1.84 bits per heavy atom. The van der Waals surface area contributed by atoms with Crippen LogP contribution >= 0.6 is 39.9 Å². The van der Waals surface area contributed by atoms with Crippen LogP contribution in [0, 0.1) is 0 Å². The molecule has 2 aromatic carbocycles. The number of nitrogens with two attached hydrogens (primary N) is 1. The molecule has 1 amide bonds. The number of hydrogen-bond donors (Lipinski definition) is 3. The second kappa shape index (κ2) is 9.19. The number of amides is 1. The van der Waals surface area contributed by atoms with Crippen molar-refractivity contribution in [3.8, 4) is 0 Å². The van der Waals surface area contributed by atoms with Crippen LogP contribution in [0.3, 0.4) is 0 Å². The van der Waals surface area contributed by atoms with Crippen LogP contribution in [0.5, 0.6) is 0 Å². The van der Waals surface area contributed by atoms with Crippen molar-refractivity contribution in [3.05, 3.63) is 58.1 Å². The van der Waals surface area contributed by atoms with Crippen LogP contribution in [-0.2, 0) is 17.6 Å². The molecule has 0 aliphatic heterocycles. The molecular formula is C18H20BrIN4O. The fourth-order valence-corrected chi connectivity index (χ4v) is 3.16. The van der Waals surface area contributed by atoms with Crippen LogP contribution in [0.4, 0.5) is 11.4 Å². The first-order valence-corrected chi connectivity index (χ1v) is 8.63. The normalized spacial score (nSPS) is 12.9. The van der Waals surface area contributed by atoms with Crippen LogP contribution < -0.4 is 16.4 Å². The molecule has 0 atom stereocenters. The number of nitrogens with one attached hydrogen (secondary N) is 2. The molecule has 0 unspecified atom stereocenters. The van der Waals surface area contributed by atoms with Gasteiger partial charge in [0.1, 0.15) is 6.54 Å². The topological polar surface area (TPSA) is 79.5 Å². The van der Waals surface area contributed by atoms with E-state index in [1.807, 2.05) is 30.3 Å². The van der Waals surface area contributed by atoms with E-state index in [-0.39, 0.29) is 42.4 Å². The first-order chi connectivity index (χ1) is 11.6. The Kier molecular flexibility index (Phi) is 7.24. The lowest BCUT2D eigenvalue weighted by molar-refractivity contribution is -0.114. The molecule has 4 N–H and O–H groups in total. The SMILES string of the molecule is I.NC(=NCC(=O)Nc1cccc(Br)c1)Nc1ccc2c(c1)CCC2. The number of aryl methyl sites for hydroxylation is 2. The second-order valence-electron chi connectivity index (χ2n) is 5.72. The van der Waals surface area contributed by atoms with Crippen molar-refractivity contribution >= 4 is 63.1 Å². The average Bonchev–Trinajstić information content (AvgIpc) is 3.00. The highest BCUT2D eigenvalue weighted by Crippen LogP contribution is 2.24. The Bertz CT molecular complexity index is 794. The van der Waals surface area contributed by atoms with Gasteiger partial charge in [0, 0.05) is 15.8 Å². The molecule has 0 radical (unpaired) electrons. The van der Waals surface area contributed by atoms with Crippen molar-refractivity contribution in [1.29, 1.82) is 0 Å². The number of nitrogens with zero attached hydrogens (tertiary/aromatic N) is 1. The molecule has 132 valence electrons. The van der Waals surface area contributed by atoms with Crippen molar-refractivity contribution in [3.63, 3.8) is 0 Å². The maximum Gasteiger partial charge on any atom is 0.246 e. The van der Waals surface area contributed by atoms with E-state index in [1.54, 1.807) is 0 Å². The Hall–Kier alpha value is -1.61. The zero-order chi connectivity index (χ0) is 16.9. The summed E-state index contributed by atoms with van der Waals surface area (Å²) in [5.41, 5.74) is 10.3. The zero-order valence-electron chi connectivity index (χ0n) is 13.6. The summed E-state index contributed by atoms with van der Waals surface area (Å²) in [6.45, 7) is -0.0315. The minimum absolute atomic E-state index is 0. The van der Waals surface area contributed by atoms with Crippen LogP contribution in [0.25, 0.3) is 0 Å². The molecule has 1 aliphatic rings. The van der Waals surface area contributed by atoms with Gasteiger partial charge in [-0.3, -0.25) is 4.79 Å². The third kappa shape index (κ3) is 5.71. The average molecular weight is 515 g/mol. The van der Waals surface area contributed by atoms with Crippen LogP contribution in [0.1, 0.15) is 17.5 Å². The molecule has 7 heteroatoms. The highest BCUT2D eigenvalue weighted by atomic mass is 127. The van der Waals surface area contributed by atoms with Gasteiger partial charge in [-0.25, -0.2) is 4.99 Å². The molecule has 0 saturated carbocycles. The summed E-state index contributed by atoms with van der Waals surface area (Å²) in [5.74, 6) is 0.0177. The van der Waals surface area contributed by atoms with Gasteiger partial charge < -0.3 is 16.4 Å². The highest BCUT2D eigenvalue weighted by Gasteiger charge is 2.11. The van der Waals surface area contributed by atoms with E-state index in [0.717, 1.165) is 28.7 Å². The monoisotopic (exact) mass is 514 g/mol. The van der Waals surface area contributed by atoms with Crippen molar-refractivity contribution < 1.29 is 4.79 Å². The summed E-state index contributed by atoms with van der Waals surface area (Å²) >= 11 is 3.36. The number of benzene rings is 2. The Balaban J connectivity index is 0.00000225. The molecule has 0 fully saturated rings. The van der Waals surface area contributed by atoms with E-state index < -0.39 is 0 Å². The van der Waals surface area contributed by atoms with Gasteiger partial charge in [-0.1, -0.05) is 28.1 Å². The molecule has 1 aliphatic carbocycles. The van der Waals surface area contributed by atoms with Gasteiger partial charge in [-0.15, -0.1) is 24.0 Å². The molecule has 0 spiro atoms. The zero-order valence-corrected chi connectivity index (χ0v) is 17.5. The molecule has 0 aromatic heterocycles. The number of carbonyl (C=O) groups excluding carboxylic acids is 1. The maximum atomic E-state index is 11.9. The fraction of sp³-hybridized carbons (Fsp3) is 0.222. The summed E-state index contributed by atoms with van der Waals surface area (Å²) in [5, 5.41) is 5.82. The predicted octanol–water partition coefficient (Wildman–Crippen LogP) is 3.92. The lowest BCUT2D eigenvalue weighted by atomic mass is 10.1. The number of guanidine groups is 1. The number of halogens is 2. The lowest BCUT2D eigenvalue weighted by Crippen LogP contribution is -2.25. The third-order valence-corrected chi connectivity index (χ3v) is 4.37. The Morgan fingerprint density at radius 1 is 1.08 bits per heavy atom. The number of carbonyl (C=O) groups is 1. The van der Waals surface area contributed by atoms with E-state index >= 15 is 0 Å². The maximum absolute atomic E-state index is 11.9. The third-order valence-electron chi connectivity index (χ3n) is 3.87. The van der Waals surface area contributed by atoms with Crippen LogP contribution in [-0.4, -0.2) is 18.4 Å². The smallest absolute Gasteiger partial charge is 0.246 e. The Labute approximate surface area is 172 Å². The van der Waals surface area contributed by atoms with Gasteiger partial charge in [0.25, 0.3) is 0 Å². The number of aliphatic imine (C=N–C) groups is 1. The molecule has 25 heavy (non-hydrogen) atoms. The van der Waals surface area contributed by atoms with Crippen LogP contribution in [0.2, 0.25) is 0 Å². The number of fused-ring (bicyclic) bond motifs is 1. The molecule has 0 bridgehead atoms. The van der Waals surface area contributed by atoms with Crippen molar-refractivity contribution in [2.75, 3.05) is 17.2 Å². The summed E-state index contributed by atoms with van der Waals surface area (Å²) in [7, 11) is 0. The predicted molar refractivity (Wildman–Crippen MR) is 117 cm³/mol. The van der Waals surface area contributed by atoms with Gasteiger partial charge in [0.15, 0.2) is 5.96 Å². The van der Waals surface area contributed by atoms with Crippen LogP contribution in [0.15, 0.2) is 51.9 Å². The van der Waals surface area contributed by atoms with Crippen molar-refractivity contribution in [1.82, 2.24) is 0 Å². The van der Waals surface area contributed by atoms with Gasteiger partial charge in [-0.2, -0.15) is 0 Å². The fourth-order valence-electron chi connectivity index (χ4n) is 2.76. The van der Waals surface area contributed by atoms with Gasteiger partial charge in [0.2, 0.25) is 5.91 Å². The standard InChI is InChI=1S/C18H19BrN4O.HI/c19-14-5-2-6-15(10-14)22-17(24)11-21-18(20)23-16-8-7-12-3-1-4-13(12)9-16;/h2,5-10H,1,3-4,11H2,(H,22,24)(H3,20,21,23);1H. The number of rotatable bonds is 4. The minimum Gasteiger partial charge on any atom is -0.370 e. The minimum atomic E-state index is -0.216. The summed E-state index contributed by atoms with van der Waals surface area (Å²) in [6, 6.07) is 13.6. The molecule has 5 nitrogen and oxygen atoms in total. The first-order valence-electron chi connectivity index (χ1n) is 7.84. The largest absolute Gasteiger partial charge is 0.370 e. The number of anilines is 2. The van der Waals surface area contributed by atoms with E-state index in [1.165, 1.54) is 17.5 Å². The van der Waals surface area contributed by atoms with Gasteiger partial charge in [-0.05, 0) is 60.7 Å². The summed E-state index contributed by atoms with van der Waals surface area (Å²) < 4.78 is 0.904. The molecule has 0 heterocycles. The first kappa shape index (κ1) is 19.7. The van der Waals surface area contributed by atoms with Crippen molar-refractivity contribution in [2.45, 2.75) is 19.3 Å².